The van der Waals surface area contributed by atoms with Crippen LogP contribution < -0.4 is 5.69 Å². The number of aromatic nitrogens is 4. The van der Waals surface area contributed by atoms with Crippen LogP contribution in [0, 0.1) is 5.92 Å². The second kappa shape index (κ2) is 8.13. The highest BCUT2D eigenvalue weighted by molar-refractivity contribution is 5.80. The molecule has 0 atom stereocenters. The van der Waals surface area contributed by atoms with E-state index < -0.39 is 0 Å². The molecule has 4 rings (SSSR count). The molecule has 0 saturated carbocycles. The minimum atomic E-state index is 0.0318. The third kappa shape index (κ3) is 3.47. The van der Waals surface area contributed by atoms with Gasteiger partial charge in [0.25, 0.3) is 0 Å². The van der Waals surface area contributed by atoms with Crippen LogP contribution in [-0.4, -0.2) is 18.7 Å². The smallest absolute Gasteiger partial charge is 0.326 e. The van der Waals surface area contributed by atoms with Crippen molar-refractivity contribution in [2.75, 3.05) is 0 Å². The number of rotatable bonds is 7. The van der Waals surface area contributed by atoms with Gasteiger partial charge in [0.15, 0.2) is 0 Å². The molecule has 0 spiro atoms. The Morgan fingerprint density at radius 2 is 1.60 bits per heavy atom. The van der Waals surface area contributed by atoms with E-state index in [1.165, 1.54) is 11.1 Å². The Bertz CT molecular complexity index is 1240. The molecule has 0 amide bonds. The SMILES string of the molecule is CCc1cccc2c1nc(Cn1c(=O)n(C(C)C)c3ccccc31)n2CCC(C)C. The van der Waals surface area contributed by atoms with Gasteiger partial charge in [-0.3, -0.25) is 9.13 Å². The number of nitrogens with zero attached hydrogens (tertiary/aromatic N) is 4. The van der Waals surface area contributed by atoms with Gasteiger partial charge in [-0.25, -0.2) is 9.78 Å². The van der Waals surface area contributed by atoms with Crippen molar-refractivity contribution in [1.29, 1.82) is 0 Å². The fraction of sp³-hybridized carbons (Fsp3) is 0.440. The largest absolute Gasteiger partial charge is 0.329 e. The lowest BCUT2D eigenvalue weighted by atomic mass is 10.1. The van der Waals surface area contributed by atoms with Crippen molar-refractivity contribution in [3.8, 4) is 0 Å². The summed E-state index contributed by atoms with van der Waals surface area (Å²) in [5.41, 5.74) is 5.48. The summed E-state index contributed by atoms with van der Waals surface area (Å²) in [6.07, 6.45) is 2.03. The van der Waals surface area contributed by atoms with Crippen molar-refractivity contribution < 1.29 is 0 Å². The molecular weight excluding hydrogens is 372 g/mol. The summed E-state index contributed by atoms with van der Waals surface area (Å²) in [7, 11) is 0. The molecule has 0 bridgehead atoms. The minimum absolute atomic E-state index is 0.0318. The maximum atomic E-state index is 13.3. The van der Waals surface area contributed by atoms with E-state index in [4.69, 9.17) is 4.98 Å². The van der Waals surface area contributed by atoms with Gasteiger partial charge in [-0.1, -0.05) is 45.0 Å². The fourth-order valence-electron chi connectivity index (χ4n) is 4.32. The summed E-state index contributed by atoms with van der Waals surface area (Å²) in [5.74, 6) is 1.57. The molecule has 0 aliphatic carbocycles. The summed E-state index contributed by atoms with van der Waals surface area (Å²) in [6, 6.07) is 14.6. The van der Waals surface area contributed by atoms with Crippen LogP contribution >= 0.6 is 0 Å². The molecule has 158 valence electrons. The van der Waals surface area contributed by atoms with E-state index in [9.17, 15) is 4.79 Å². The van der Waals surface area contributed by atoms with E-state index in [1.54, 1.807) is 0 Å². The number of para-hydroxylation sites is 3. The van der Waals surface area contributed by atoms with Gasteiger partial charge >= 0.3 is 5.69 Å². The van der Waals surface area contributed by atoms with E-state index in [0.29, 0.717) is 12.5 Å². The molecule has 0 unspecified atom stereocenters. The maximum absolute atomic E-state index is 13.3. The van der Waals surface area contributed by atoms with Gasteiger partial charge in [0, 0.05) is 12.6 Å². The first-order chi connectivity index (χ1) is 14.4. The molecule has 2 aromatic carbocycles. The second-order valence-electron chi connectivity index (χ2n) is 8.82. The van der Waals surface area contributed by atoms with Crippen molar-refractivity contribution in [3.63, 3.8) is 0 Å². The Kier molecular flexibility index (Phi) is 5.54. The number of benzene rings is 2. The number of hydrogen-bond donors (Lipinski definition) is 0. The lowest BCUT2D eigenvalue weighted by Gasteiger charge is -2.12. The molecule has 5 heteroatoms. The Morgan fingerprint density at radius 3 is 2.27 bits per heavy atom. The van der Waals surface area contributed by atoms with E-state index >= 15 is 0 Å². The van der Waals surface area contributed by atoms with Crippen molar-refractivity contribution in [2.24, 2.45) is 5.92 Å². The lowest BCUT2D eigenvalue weighted by molar-refractivity contribution is 0.504. The van der Waals surface area contributed by atoms with Gasteiger partial charge in [-0.15, -0.1) is 0 Å². The molecular formula is C25H32N4O. The first-order valence-electron chi connectivity index (χ1n) is 11.1. The van der Waals surface area contributed by atoms with Gasteiger partial charge in [-0.2, -0.15) is 0 Å². The molecule has 0 aliphatic rings. The Labute approximate surface area is 178 Å². The van der Waals surface area contributed by atoms with Crippen LogP contribution in [0.1, 0.15) is 58.5 Å². The first kappa shape index (κ1) is 20.5. The first-order valence-corrected chi connectivity index (χ1v) is 11.1. The van der Waals surface area contributed by atoms with Crippen LogP contribution in [0.2, 0.25) is 0 Å². The minimum Gasteiger partial charge on any atom is -0.326 e. The zero-order chi connectivity index (χ0) is 21.4. The average molecular weight is 405 g/mol. The maximum Gasteiger partial charge on any atom is 0.329 e. The molecule has 0 fully saturated rings. The Morgan fingerprint density at radius 1 is 0.900 bits per heavy atom. The summed E-state index contributed by atoms with van der Waals surface area (Å²) in [4.78, 5) is 18.4. The predicted molar refractivity (Wildman–Crippen MR) is 124 cm³/mol. The topological polar surface area (TPSA) is 44.8 Å². The highest BCUT2D eigenvalue weighted by Gasteiger charge is 2.19. The normalized spacial score (nSPS) is 12.1. The third-order valence-electron chi connectivity index (χ3n) is 5.94. The van der Waals surface area contributed by atoms with Crippen molar-refractivity contribution >= 4 is 22.1 Å². The highest BCUT2D eigenvalue weighted by Crippen LogP contribution is 2.24. The number of imidazole rings is 2. The summed E-state index contributed by atoms with van der Waals surface area (Å²) < 4.78 is 6.09. The quantitative estimate of drug-likeness (QED) is 0.414. The van der Waals surface area contributed by atoms with E-state index in [0.717, 1.165) is 41.8 Å². The van der Waals surface area contributed by atoms with Crippen LogP contribution in [0.25, 0.3) is 22.1 Å². The molecule has 0 N–H and O–H groups in total. The molecule has 5 nitrogen and oxygen atoms in total. The summed E-state index contributed by atoms with van der Waals surface area (Å²) in [6.45, 7) is 12.2. The zero-order valence-corrected chi connectivity index (χ0v) is 18.7. The molecule has 0 radical (unpaired) electrons. The number of fused-ring (bicyclic) bond motifs is 2. The summed E-state index contributed by atoms with van der Waals surface area (Å²) >= 11 is 0. The van der Waals surface area contributed by atoms with Crippen LogP contribution in [0.3, 0.4) is 0 Å². The Balaban J connectivity index is 1.90. The van der Waals surface area contributed by atoms with Crippen molar-refractivity contribution in [3.05, 3.63) is 64.3 Å². The highest BCUT2D eigenvalue weighted by atomic mass is 16.1. The van der Waals surface area contributed by atoms with Gasteiger partial charge in [0.1, 0.15) is 5.82 Å². The van der Waals surface area contributed by atoms with Crippen LogP contribution in [0.15, 0.2) is 47.3 Å². The Hall–Kier alpha value is -2.82. The fourth-order valence-corrected chi connectivity index (χ4v) is 4.32. The molecule has 0 saturated heterocycles. The van der Waals surface area contributed by atoms with Crippen molar-refractivity contribution in [2.45, 2.75) is 66.6 Å². The number of hydrogen-bond acceptors (Lipinski definition) is 2. The van der Waals surface area contributed by atoms with E-state index in [2.05, 4.69) is 57.4 Å². The molecule has 30 heavy (non-hydrogen) atoms. The lowest BCUT2D eigenvalue weighted by Crippen LogP contribution is -2.27. The predicted octanol–water partition coefficient (Wildman–Crippen LogP) is 5.39. The van der Waals surface area contributed by atoms with Crippen LogP contribution in [0.5, 0.6) is 0 Å². The third-order valence-corrected chi connectivity index (χ3v) is 5.94. The standard InChI is InChI=1S/C25H32N4O/c1-6-19-10-9-13-22-24(19)26-23(27(22)15-14-17(2)3)16-28-20-11-7-8-12-21(20)29(18(4)5)25(28)30/h7-13,17-18H,6,14-16H2,1-5H3. The molecule has 2 aromatic heterocycles. The molecule has 2 heterocycles. The number of aryl methyl sites for hydroxylation is 2. The molecule has 4 aromatic rings. The molecule has 0 aliphatic heterocycles. The van der Waals surface area contributed by atoms with Gasteiger partial charge in [0.2, 0.25) is 0 Å². The van der Waals surface area contributed by atoms with Crippen LogP contribution in [0.4, 0.5) is 0 Å². The van der Waals surface area contributed by atoms with Crippen molar-refractivity contribution in [1.82, 2.24) is 18.7 Å². The summed E-state index contributed by atoms with van der Waals surface area (Å²) in [5, 5.41) is 0. The van der Waals surface area contributed by atoms with Gasteiger partial charge < -0.3 is 4.57 Å². The monoisotopic (exact) mass is 404 g/mol. The zero-order valence-electron chi connectivity index (χ0n) is 18.7. The average Bonchev–Trinajstić information content (AvgIpc) is 3.21. The second-order valence-corrected chi connectivity index (χ2v) is 8.82. The van der Waals surface area contributed by atoms with E-state index in [-0.39, 0.29) is 11.7 Å². The van der Waals surface area contributed by atoms with Gasteiger partial charge in [0.05, 0.1) is 28.6 Å². The van der Waals surface area contributed by atoms with E-state index in [1.807, 2.05) is 33.4 Å². The van der Waals surface area contributed by atoms with Gasteiger partial charge in [-0.05, 0) is 56.4 Å². The van der Waals surface area contributed by atoms with Crippen LogP contribution in [-0.2, 0) is 19.5 Å².